The summed E-state index contributed by atoms with van der Waals surface area (Å²) >= 11 is 0. The molecule has 0 saturated carbocycles. The molecule has 3 nitrogen and oxygen atoms in total. The van der Waals surface area contributed by atoms with Crippen LogP contribution in [0.3, 0.4) is 0 Å². The topological polar surface area (TPSA) is 42.2 Å². The van der Waals surface area contributed by atoms with E-state index in [0.717, 1.165) is 0 Å². The molecule has 0 spiro atoms. The van der Waals surface area contributed by atoms with Crippen LogP contribution in [0.1, 0.15) is 0 Å². The number of pyridine rings is 1. The number of aromatic nitrogens is 1. The second-order valence-electron chi connectivity index (χ2n) is 3.67. The minimum atomic E-state index is -0.946. The molecule has 0 amide bonds. The Morgan fingerprint density at radius 3 is 2.39 bits per heavy atom. The highest BCUT2D eigenvalue weighted by Gasteiger charge is 2.16. The van der Waals surface area contributed by atoms with Gasteiger partial charge in [0.15, 0.2) is 23.3 Å². The van der Waals surface area contributed by atoms with Crippen molar-refractivity contribution in [3.05, 3.63) is 47.8 Å². The zero-order valence-electron chi connectivity index (χ0n) is 9.49. The summed E-state index contributed by atoms with van der Waals surface area (Å²) < 4.78 is 40.1. The first kappa shape index (κ1) is 12.2. The van der Waals surface area contributed by atoms with Crippen LogP contribution in [0.4, 0.5) is 30.5 Å². The Hall–Kier alpha value is -2.24. The maximum atomic E-state index is 13.6. The van der Waals surface area contributed by atoms with Crippen molar-refractivity contribution in [2.45, 2.75) is 0 Å². The highest BCUT2D eigenvalue weighted by Crippen LogP contribution is 2.28. The third kappa shape index (κ3) is 2.09. The highest BCUT2D eigenvalue weighted by molar-refractivity contribution is 5.61. The van der Waals surface area contributed by atoms with Crippen molar-refractivity contribution in [1.82, 2.24) is 4.98 Å². The second-order valence-corrected chi connectivity index (χ2v) is 3.67. The van der Waals surface area contributed by atoms with Crippen LogP contribution in [-0.2, 0) is 0 Å². The Kier molecular flexibility index (Phi) is 3.10. The number of nitrogens with zero attached hydrogens (tertiary/aromatic N) is 2. The monoisotopic (exact) mass is 253 g/mol. The molecule has 2 rings (SSSR count). The van der Waals surface area contributed by atoms with Gasteiger partial charge in [-0.05, 0) is 12.1 Å². The lowest BCUT2D eigenvalue weighted by molar-refractivity contribution is 0.576. The van der Waals surface area contributed by atoms with E-state index in [1.54, 1.807) is 6.07 Å². The first-order valence-electron chi connectivity index (χ1n) is 5.10. The molecule has 2 N–H and O–H groups in total. The van der Waals surface area contributed by atoms with Crippen molar-refractivity contribution in [3.8, 4) is 0 Å². The number of nitrogen functional groups attached to an aromatic ring is 1. The van der Waals surface area contributed by atoms with Gasteiger partial charge in [0.1, 0.15) is 5.82 Å². The smallest absolute Gasteiger partial charge is 0.171 e. The van der Waals surface area contributed by atoms with Crippen molar-refractivity contribution in [3.63, 3.8) is 0 Å². The Morgan fingerprint density at radius 2 is 1.72 bits per heavy atom. The largest absolute Gasteiger partial charge is 0.381 e. The van der Waals surface area contributed by atoms with Gasteiger partial charge < -0.3 is 10.6 Å². The van der Waals surface area contributed by atoms with Crippen LogP contribution in [0.15, 0.2) is 30.3 Å². The quantitative estimate of drug-likeness (QED) is 0.894. The molecule has 0 radical (unpaired) electrons. The average molecular weight is 253 g/mol. The SMILES string of the molecule is CN(c1ccccc1F)c1nc(N)c(F)cc1F. The molecule has 0 bridgehead atoms. The molecule has 0 unspecified atom stereocenters. The standard InChI is InChI=1S/C12H10F3N3/c1-18(10-5-3-2-4-7(10)13)12-9(15)6-8(14)11(16)17-12/h2-6H,1H3,(H2,16,17). The number of hydrogen-bond acceptors (Lipinski definition) is 3. The van der Waals surface area contributed by atoms with Gasteiger partial charge in [0.25, 0.3) is 0 Å². The molecule has 0 saturated heterocycles. The summed E-state index contributed by atoms with van der Waals surface area (Å²) in [4.78, 5) is 4.74. The number of rotatable bonds is 2. The number of para-hydroxylation sites is 1. The lowest BCUT2D eigenvalue weighted by Crippen LogP contribution is -2.16. The van der Waals surface area contributed by atoms with Crippen molar-refractivity contribution in [1.29, 1.82) is 0 Å². The Morgan fingerprint density at radius 1 is 1.06 bits per heavy atom. The van der Waals surface area contributed by atoms with Gasteiger partial charge in [-0.1, -0.05) is 12.1 Å². The van der Waals surface area contributed by atoms with E-state index < -0.39 is 23.3 Å². The normalized spacial score (nSPS) is 10.4. The number of halogens is 3. The summed E-state index contributed by atoms with van der Waals surface area (Å²) in [6.45, 7) is 0. The molecule has 18 heavy (non-hydrogen) atoms. The van der Waals surface area contributed by atoms with E-state index in [4.69, 9.17) is 5.73 Å². The van der Waals surface area contributed by atoms with Crippen LogP contribution in [0.5, 0.6) is 0 Å². The zero-order chi connectivity index (χ0) is 13.3. The third-order valence-corrected chi connectivity index (χ3v) is 2.47. The molecule has 0 aliphatic rings. The van der Waals surface area contributed by atoms with Crippen LogP contribution in [0.25, 0.3) is 0 Å². The van der Waals surface area contributed by atoms with Crippen LogP contribution >= 0.6 is 0 Å². The lowest BCUT2D eigenvalue weighted by atomic mass is 10.2. The van der Waals surface area contributed by atoms with Crippen molar-refractivity contribution in [2.75, 3.05) is 17.7 Å². The van der Waals surface area contributed by atoms with E-state index >= 15 is 0 Å². The number of anilines is 3. The molecule has 2 aromatic rings. The molecule has 1 heterocycles. The van der Waals surface area contributed by atoms with Crippen molar-refractivity contribution >= 4 is 17.3 Å². The molecule has 0 atom stereocenters. The predicted octanol–water partition coefficient (Wildman–Crippen LogP) is 2.85. The number of nitrogens with two attached hydrogens (primary N) is 1. The van der Waals surface area contributed by atoms with E-state index in [2.05, 4.69) is 4.98 Å². The van der Waals surface area contributed by atoms with Gasteiger partial charge in [-0.2, -0.15) is 0 Å². The van der Waals surface area contributed by atoms with Gasteiger partial charge in [-0.3, -0.25) is 0 Å². The van der Waals surface area contributed by atoms with Gasteiger partial charge in [0, 0.05) is 13.1 Å². The maximum Gasteiger partial charge on any atom is 0.171 e. The predicted molar refractivity (Wildman–Crippen MR) is 63.0 cm³/mol. The fourth-order valence-electron chi connectivity index (χ4n) is 1.54. The summed E-state index contributed by atoms with van der Waals surface area (Å²) in [5.74, 6) is -3.07. The maximum absolute atomic E-state index is 13.6. The first-order chi connectivity index (χ1) is 8.50. The van der Waals surface area contributed by atoms with Crippen molar-refractivity contribution in [2.24, 2.45) is 0 Å². The summed E-state index contributed by atoms with van der Waals surface area (Å²) in [6.07, 6.45) is 0. The second kappa shape index (κ2) is 4.56. The van der Waals surface area contributed by atoms with E-state index in [1.165, 1.54) is 30.1 Å². The Balaban J connectivity index is 2.50. The molecule has 6 heteroatoms. The third-order valence-electron chi connectivity index (χ3n) is 2.47. The summed E-state index contributed by atoms with van der Waals surface area (Å²) in [5, 5.41) is 0. The fraction of sp³-hybridized carbons (Fsp3) is 0.0833. The number of benzene rings is 1. The Labute approximate surface area is 102 Å². The van der Waals surface area contributed by atoms with Crippen LogP contribution in [0.2, 0.25) is 0 Å². The summed E-state index contributed by atoms with van der Waals surface area (Å²) in [6, 6.07) is 6.41. The molecule has 0 fully saturated rings. The van der Waals surface area contributed by atoms with Gasteiger partial charge in [0.2, 0.25) is 0 Å². The van der Waals surface area contributed by atoms with E-state index in [9.17, 15) is 13.2 Å². The molecule has 0 aliphatic carbocycles. The van der Waals surface area contributed by atoms with Gasteiger partial charge in [-0.25, -0.2) is 18.2 Å². The van der Waals surface area contributed by atoms with Gasteiger partial charge in [-0.15, -0.1) is 0 Å². The minimum Gasteiger partial charge on any atom is -0.381 e. The highest BCUT2D eigenvalue weighted by atomic mass is 19.1. The minimum absolute atomic E-state index is 0.120. The fourth-order valence-corrected chi connectivity index (χ4v) is 1.54. The molecule has 0 aliphatic heterocycles. The average Bonchev–Trinajstić information content (AvgIpc) is 2.33. The summed E-state index contributed by atoms with van der Waals surface area (Å²) in [7, 11) is 1.42. The molecule has 1 aromatic heterocycles. The van der Waals surface area contributed by atoms with Crippen LogP contribution in [-0.4, -0.2) is 12.0 Å². The van der Waals surface area contributed by atoms with Crippen LogP contribution < -0.4 is 10.6 Å². The Bertz CT molecular complexity index is 587. The van der Waals surface area contributed by atoms with E-state index in [-0.39, 0.29) is 11.5 Å². The zero-order valence-corrected chi connectivity index (χ0v) is 9.49. The van der Waals surface area contributed by atoms with Crippen LogP contribution in [0, 0.1) is 17.5 Å². The van der Waals surface area contributed by atoms with Gasteiger partial charge >= 0.3 is 0 Å². The number of hydrogen-bond donors (Lipinski definition) is 1. The molecule has 1 aromatic carbocycles. The van der Waals surface area contributed by atoms with Gasteiger partial charge in [0.05, 0.1) is 5.69 Å². The molecule has 94 valence electrons. The lowest BCUT2D eigenvalue weighted by Gasteiger charge is -2.19. The van der Waals surface area contributed by atoms with E-state index in [1.807, 2.05) is 0 Å². The van der Waals surface area contributed by atoms with E-state index in [0.29, 0.717) is 6.07 Å². The molecular formula is C12H10F3N3. The van der Waals surface area contributed by atoms with Crippen molar-refractivity contribution < 1.29 is 13.2 Å². The first-order valence-corrected chi connectivity index (χ1v) is 5.10. The summed E-state index contributed by atoms with van der Waals surface area (Å²) in [5.41, 5.74) is 5.39. The molecular weight excluding hydrogens is 243 g/mol.